The summed E-state index contributed by atoms with van der Waals surface area (Å²) in [7, 11) is -8.60. The predicted octanol–water partition coefficient (Wildman–Crippen LogP) is 1.44. The lowest BCUT2D eigenvalue weighted by atomic mass is 10.1. The summed E-state index contributed by atoms with van der Waals surface area (Å²) in [4.78, 5) is -0.550. The second-order valence-electron chi connectivity index (χ2n) is 6.80. The van der Waals surface area contributed by atoms with Gasteiger partial charge in [-0.2, -0.15) is 9.57 Å². The fourth-order valence-corrected chi connectivity index (χ4v) is 7.27. The van der Waals surface area contributed by atoms with Crippen LogP contribution in [0.15, 0.2) is 52.3 Å². The highest BCUT2D eigenvalue weighted by Crippen LogP contribution is 2.35. The number of nitrogens with zero attached hydrogens (tertiary/aromatic N) is 2. The summed E-state index contributed by atoms with van der Waals surface area (Å²) in [6, 6.07) is 10.5. The van der Waals surface area contributed by atoms with Crippen molar-refractivity contribution in [2.24, 2.45) is 0 Å². The maximum atomic E-state index is 13.1. The summed E-state index contributed by atoms with van der Waals surface area (Å²) in [5.41, 5.74) is -2.47. The van der Waals surface area contributed by atoms with E-state index in [2.05, 4.69) is 0 Å². The van der Waals surface area contributed by atoms with Crippen molar-refractivity contribution in [1.82, 2.24) is 4.31 Å². The summed E-state index contributed by atoms with van der Waals surface area (Å²) in [5, 5.41) is 28.6. The van der Waals surface area contributed by atoms with Gasteiger partial charge in [0.1, 0.15) is 21.8 Å². The molecule has 12 heteroatoms. The van der Waals surface area contributed by atoms with Crippen molar-refractivity contribution in [2.75, 3.05) is 19.7 Å². The van der Waals surface area contributed by atoms with Gasteiger partial charge in [-0.1, -0.05) is 23.2 Å². The van der Waals surface area contributed by atoms with Crippen molar-refractivity contribution in [3.8, 4) is 6.07 Å². The molecule has 2 atom stereocenters. The van der Waals surface area contributed by atoms with E-state index in [-0.39, 0.29) is 20.4 Å². The fourth-order valence-electron chi connectivity index (χ4n) is 3.29. The number of nitriles is 1. The average Bonchev–Trinajstić information content (AvgIpc) is 3.08. The maximum absolute atomic E-state index is 13.1. The molecule has 30 heavy (non-hydrogen) atoms. The van der Waals surface area contributed by atoms with E-state index in [4.69, 9.17) is 23.2 Å². The Hall–Kier alpha value is -1.71. The molecule has 1 aliphatic heterocycles. The zero-order valence-corrected chi connectivity index (χ0v) is 18.4. The molecule has 1 fully saturated rings. The Morgan fingerprint density at radius 3 is 2.27 bits per heavy atom. The molecule has 8 nitrogen and oxygen atoms in total. The third-order valence-electron chi connectivity index (χ3n) is 4.89. The zero-order chi connectivity index (χ0) is 22.3. The van der Waals surface area contributed by atoms with E-state index in [0.29, 0.717) is 5.02 Å². The molecule has 2 aromatic rings. The molecule has 0 aliphatic carbocycles. The predicted molar refractivity (Wildman–Crippen MR) is 109 cm³/mol. The fraction of sp³-hybridized carbons (Fsp3) is 0.278. The molecule has 2 N–H and O–H groups in total. The number of aliphatic hydroxyl groups is 2. The average molecular weight is 491 g/mol. The molecule has 0 amide bonds. The van der Waals surface area contributed by atoms with E-state index in [1.807, 2.05) is 0 Å². The third kappa shape index (κ3) is 3.94. The Morgan fingerprint density at radius 1 is 1.10 bits per heavy atom. The Kier molecular flexibility index (Phi) is 6.19. The van der Waals surface area contributed by atoms with Gasteiger partial charge in [0.25, 0.3) is 0 Å². The number of halogens is 2. The van der Waals surface area contributed by atoms with Crippen LogP contribution >= 0.6 is 23.2 Å². The number of rotatable bonds is 5. The standard InChI is InChI=1S/C18H16Cl2N2O6S2/c19-13-1-4-15(5-2-13)29(25,26)17-9-22(10-18(17,24)11-23)30(27,28)16-6-3-14(20)7-12(16)8-21/h1-7,17,23-24H,9-11H2/t17-,18+/m0/s1. The largest absolute Gasteiger partial charge is 0.393 e. The summed E-state index contributed by atoms with van der Waals surface area (Å²) in [5.74, 6) is 0. The van der Waals surface area contributed by atoms with Crippen LogP contribution in [0.2, 0.25) is 10.0 Å². The van der Waals surface area contributed by atoms with Gasteiger partial charge in [-0.3, -0.25) is 0 Å². The lowest BCUT2D eigenvalue weighted by molar-refractivity contribution is 0.00160. The first-order valence-corrected chi connectivity index (χ1v) is 12.2. The normalized spacial score (nSPS) is 22.7. The minimum atomic E-state index is -4.37. The smallest absolute Gasteiger partial charge is 0.244 e. The van der Waals surface area contributed by atoms with E-state index < -0.39 is 50.4 Å². The molecule has 160 valence electrons. The van der Waals surface area contributed by atoms with Crippen molar-refractivity contribution in [1.29, 1.82) is 5.26 Å². The third-order valence-corrected chi connectivity index (χ3v) is 9.51. The Bertz CT molecular complexity index is 1230. The van der Waals surface area contributed by atoms with Gasteiger partial charge in [0.2, 0.25) is 10.0 Å². The van der Waals surface area contributed by atoms with Gasteiger partial charge >= 0.3 is 0 Å². The number of sulfonamides is 1. The van der Waals surface area contributed by atoms with Gasteiger partial charge in [0, 0.05) is 23.1 Å². The summed E-state index contributed by atoms with van der Waals surface area (Å²) >= 11 is 11.6. The van der Waals surface area contributed by atoms with Crippen LogP contribution in [0.4, 0.5) is 0 Å². The summed E-state index contributed by atoms with van der Waals surface area (Å²) < 4.78 is 53.1. The van der Waals surface area contributed by atoms with Gasteiger partial charge in [-0.15, -0.1) is 0 Å². The SMILES string of the molecule is N#Cc1cc(Cl)ccc1S(=O)(=O)N1C[C@H](S(=O)(=O)c2ccc(Cl)cc2)[C@](O)(CO)C1. The molecule has 1 heterocycles. The van der Waals surface area contributed by atoms with Crippen LogP contribution in [0, 0.1) is 11.3 Å². The molecular formula is C18H16Cl2N2O6S2. The second kappa shape index (κ2) is 8.09. The minimum Gasteiger partial charge on any atom is -0.393 e. The lowest BCUT2D eigenvalue weighted by Gasteiger charge is -2.26. The molecule has 3 rings (SSSR count). The number of sulfone groups is 1. The van der Waals surface area contributed by atoms with E-state index in [0.717, 1.165) is 10.4 Å². The van der Waals surface area contributed by atoms with Crippen molar-refractivity contribution < 1.29 is 27.0 Å². The van der Waals surface area contributed by atoms with Crippen LogP contribution in [0.25, 0.3) is 0 Å². The molecule has 0 bridgehead atoms. The number of β-amino-alcohol motifs (C(OH)–C–C–N with tert-alkyl or cyclic N) is 1. The van der Waals surface area contributed by atoms with Gasteiger partial charge in [0.15, 0.2) is 9.84 Å². The molecular weight excluding hydrogens is 475 g/mol. The zero-order valence-electron chi connectivity index (χ0n) is 15.2. The first-order chi connectivity index (χ1) is 14.0. The van der Waals surface area contributed by atoms with Crippen LogP contribution < -0.4 is 0 Å². The highest BCUT2D eigenvalue weighted by molar-refractivity contribution is 7.92. The monoisotopic (exact) mass is 490 g/mol. The van der Waals surface area contributed by atoms with Crippen LogP contribution in [0.3, 0.4) is 0 Å². The molecule has 0 radical (unpaired) electrons. The first kappa shape index (κ1) is 23.0. The quantitative estimate of drug-likeness (QED) is 0.646. The number of aliphatic hydroxyl groups excluding tert-OH is 1. The van der Waals surface area contributed by atoms with Crippen LogP contribution in [0.1, 0.15) is 5.56 Å². The van der Waals surface area contributed by atoms with Gasteiger partial charge in [-0.05, 0) is 42.5 Å². The second-order valence-corrected chi connectivity index (χ2v) is 11.7. The molecule has 0 spiro atoms. The van der Waals surface area contributed by atoms with Crippen LogP contribution in [0.5, 0.6) is 0 Å². The van der Waals surface area contributed by atoms with Crippen molar-refractivity contribution in [2.45, 2.75) is 20.6 Å². The number of benzene rings is 2. The van der Waals surface area contributed by atoms with Crippen LogP contribution in [-0.2, 0) is 19.9 Å². The van der Waals surface area contributed by atoms with E-state index in [9.17, 15) is 32.3 Å². The van der Waals surface area contributed by atoms with Gasteiger partial charge < -0.3 is 10.2 Å². The topological polar surface area (TPSA) is 136 Å². The maximum Gasteiger partial charge on any atom is 0.244 e. The summed E-state index contributed by atoms with van der Waals surface area (Å²) in [6.45, 7) is -2.27. The number of hydrogen-bond acceptors (Lipinski definition) is 7. The van der Waals surface area contributed by atoms with E-state index >= 15 is 0 Å². The molecule has 0 aromatic heterocycles. The molecule has 1 saturated heterocycles. The molecule has 1 aliphatic rings. The van der Waals surface area contributed by atoms with E-state index in [1.165, 1.54) is 36.4 Å². The number of hydrogen-bond donors (Lipinski definition) is 2. The van der Waals surface area contributed by atoms with Crippen molar-refractivity contribution in [3.63, 3.8) is 0 Å². The van der Waals surface area contributed by atoms with Gasteiger partial charge in [-0.25, -0.2) is 16.8 Å². The molecule has 0 unspecified atom stereocenters. The Balaban J connectivity index is 2.05. The molecule has 0 saturated carbocycles. The van der Waals surface area contributed by atoms with E-state index in [1.54, 1.807) is 6.07 Å². The summed E-state index contributed by atoms with van der Waals surface area (Å²) in [6.07, 6.45) is 0. The molecule has 2 aromatic carbocycles. The lowest BCUT2D eigenvalue weighted by Crippen LogP contribution is -2.49. The first-order valence-electron chi connectivity index (χ1n) is 8.48. The van der Waals surface area contributed by atoms with Crippen molar-refractivity contribution in [3.05, 3.63) is 58.1 Å². The Morgan fingerprint density at radius 2 is 1.70 bits per heavy atom. The van der Waals surface area contributed by atoms with Crippen molar-refractivity contribution >= 4 is 43.1 Å². The Labute approximate surface area is 183 Å². The van der Waals surface area contributed by atoms with Gasteiger partial charge in [0.05, 0.1) is 17.1 Å². The highest BCUT2D eigenvalue weighted by Gasteiger charge is 2.55. The highest BCUT2D eigenvalue weighted by atomic mass is 35.5. The minimum absolute atomic E-state index is 0.155. The van der Waals surface area contributed by atoms with Crippen LogP contribution in [-0.4, -0.2) is 61.9 Å².